The first kappa shape index (κ1) is 20.9. The smallest absolute Gasteiger partial charge is 0.335 e. The predicted octanol–water partition coefficient (Wildman–Crippen LogP) is 5.64. The van der Waals surface area contributed by atoms with Crippen molar-refractivity contribution in [1.29, 1.82) is 0 Å². The Kier molecular flexibility index (Phi) is 5.96. The molecule has 1 heterocycles. The summed E-state index contributed by atoms with van der Waals surface area (Å²) in [5, 5.41) is 13.3. The number of carbonyl (C=O) groups is 1. The second-order valence-electron chi connectivity index (χ2n) is 8.59. The molecule has 0 aromatic heterocycles. The number of carboxylic acids is 1. The number of aromatic carboxylic acids is 1. The molecular weight excluding hydrogens is 362 g/mol. The number of aryl methyl sites for hydroxylation is 1. The van der Waals surface area contributed by atoms with E-state index in [2.05, 4.69) is 62.2 Å². The van der Waals surface area contributed by atoms with Crippen molar-refractivity contribution in [2.45, 2.75) is 58.9 Å². The summed E-state index contributed by atoms with van der Waals surface area (Å²) in [4.78, 5) is 13.5. The van der Waals surface area contributed by atoms with E-state index < -0.39 is 5.97 Å². The van der Waals surface area contributed by atoms with Crippen LogP contribution in [0.3, 0.4) is 0 Å². The Hall–Kier alpha value is -2.82. The van der Waals surface area contributed by atoms with Crippen molar-refractivity contribution in [2.75, 3.05) is 16.9 Å². The maximum absolute atomic E-state index is 10.9. The van der Waals surface area contributed by atoms with Gasteiger partial charge in [-0.15, -0.1) is 0 Å². The predicted molar refractivity (Wildman–Crippen MR) is 121 cm³/mol. The summed E-state index contributed by atoms with van der Waals surface area (Å²) in [6.45, 7) is 12.4. The van der Waals surface area contributed by atoms with Crippen LogP contribution in [0.25, 0.3) is 0 Å². The first-order valence-electron chi connectivity index (χ1n) is 10.3. The van der Waals surface area contributed by atoms with Gasteiger partial charge in [-0.2, -0.15) is 5.10 Å². The highest BCUT2D eigenvalue weighted by atomic mass is 16.4. The summed E-state index contributed by atoms with van der Waals surface area (Å²) in [6.07, 6.45) is 4.11. The molecule has 5 nitrogen and oxygen atoms in total. The van der Waals surface area contributed by atoms with Gasteiger partial charge in [0.2, 0.25) is 0 Å². The Bertz CT molecular complexity index is 916. The minimum atomic E-state index is -0.931. The number of nitrogens with zero attached hydrogens (tertiary/aromatic N) is 2. The van der Waals surface area contributed by atoms with E-state index in [0.717, 1.165) is 30.6 Å². The number of hydrazone groups is 1. The average Bonchev–Trinajstić information content (AvgIpc) is 2.66. The van der Waals surface area contributed by atoms with Gasteiger partial charge in [0.15, 0.2) is 0 Å². The van der Waals surface area contributed by atoms with Gasteiger partial charge in [0, 0.05) is 17.8 Å². The largest absolute Gasteiger partial charge is 0.478 e. The van der Waals surface area contributed by atoms with E-state index in [1.54, 1.807) is 24.3 Å². The van der Waals surface area contributed by atoms with E-state index in [1.807, 2.05) is 6.21 Å². The van der Waals surface area contributed by atoms with Gasteiger partial charge in [-0.25, -0.2) is 4.79 Å². The van der Waals surface area contributed by atoms with E-state index in [-0.39, 0.29) is 11.1 Å². The number of fused-ring (bicyclic) bond motifs is 1. The van der Waals surface area contributed by atoms with Gasteiger partial charge < -0.3 is 10.0 Å². The minimum Gasteiger partial charge on any atom is -0.478 e. The van der Waals surface area contributed by atoms with Crippen molar-refractivity contribution in [3.8, 4) is 0 Å². The highest BCUT2D eigenvalue weighted by Gasteiger charge is 2.36. The summed E-state index contributed by atoms with van der Waals surface area (Å²) in [5.74, 6) is -0.434. The molecule has 1 aliphatic rings. The van der Waals surface area contributed by atoms with Crippen LogP contribution in [0.5, 0.6) is 0 Å². The normalized spacial score (nSPS) is 18.0. The number of hydrogen-bond donors (Lipinski definition) is 2. The van der Waals surface area contributed by atoms with Gasteiger partial charge in [-0.3, -0.25) is 5.43 Å². The fourth-order valence-corrected chi connectivity index (χ4v) is 4.30. The number of benzene rings is 2. The van der Waals surface area contributed by atoms with E-state index in [4.69, 9.17) is 5.11 Å². The van der Waals surface area contributed by atoms with E-state index in [9.17, 15) is 4.79 Å². The third kappa shape index (κ3) is 4.44. The molecule has 2 N–H and O–H groups in total. The highest BCUT2D eigenvalue weighted by molar-refractivity contribution is 5.88. The van der Waals surface area contributed by atoms with Crippen LogP contribution < -0.4 is 10.3 Å². The lowest BCUT2D eigenvalue weighted by atomic mass is 9.79. The summed E-state index contributed by atoms with van der Waals surface area (Å²) in [6, 6.07) is 11.1. The fraction of sp³-hybridized carbons (Fsp3) is 0.417. The highest BCUT2D eigenvalue weighted by Crippen LogP contribution is 2.44. The average molecular weight is 394 g/mol. The minimum absolute atomic E-state index is 0.161. The van der Waals surface area contributed by atoms with Crippen molar-refractivity contribution in [3.05, 3.63) is 58.7 Å². The van der Waals surface area contributed by atoms with Gasteiger partial charge in [-0.05, 0) is 92.6 Å². The molecule has 0 saturated carbocycles. The summed E-state index contributed by atoms with van der Waals surface area (Å²) in [5.41, 5.74) is 9.19. The molecule has 5 heteroatoms. The molecule has 154 valence electrons. The monoisotopic (exact) mass is 393 g/mol. The van der Waals surface area contributed by atoms with Crippen molar-refractivity contribution in [3.63, 3.8) is 0 Å². The Morgan fingerprint density at radius 3 is 2.62 bits per heavy atom. The van der Waals surface area contributed by atoms with Gasteiger partial charge in [0.25, 0.3) is 0 Å². The molecule has 2 aromatic rings. The van der Waals surface area contributed by atoms with Crippen LogP contribution in [-0.2, 0) is 0 Å². The van der Waals surface area contributed by atoms with Gasteiger partial charge in [-0.1, -0.05) is 13.8 Å². The van der Waals surface area contributed by atoms with Crippen LogP contribution in [-0.4, -0.2) is 29.4 Å². The zero-order chi connectivity index (χ0) is 21.2. The number of rotatable bonds is 6. The second kappa shape index (κ2) is 8.27. The van der Waals surface area contributed by atoms with Crippen LogP contribution in [0, 0.1) is 6.92 Å². The molecule has 0 radical (unpaired) electrons. The first-order valence-corrected chi connectivity index (χ1v) is 10.3. The quantitative estimate of drug-likeness (QED) is 0.492. The molecule has 0 amide bonds. The Morgan fingerprint density at radius 1 is 1.31 bits per heavy atom. The SMILES string of the molecule is CCCN1c2cc(C)c(/C=N/Nc3ccc(C(=O)O)cc3)cc2C(C)CC1(C)C. The number of hydrogen-bond acceptors (Lipinski definition) is 4. The fourth-order valence-electron chi connectivity index (χ4n) is 4.30. The lowest BCUT2D eigenvalue weighted by molar-refractivity contribution is 0.0697. The number of anilines is 2. The second-order valence-corrected chi connectivity index (χ2v) is 8.59. The van der Waals surface area contributed by atoms with Gasteiger partial charge >= 0.3 is 5.97 Å². The van der Waals surface area contributed by atoms with E-state index >= 15 is 0 Å². The van der Waals surface area contributed by atoms with Crippen LogP contribution in [0.15, 0.2) is 41.5 Å². The van der Waals surface area contributed by atoms with Crippen molar-refractivity contribution in [2.24, 2.45) is 5.10 Å². The third-order valence-electron chi connectivity index (χ3n) is 5.75. The molecule has 2 aromatic carbocycles. The molecule has 0 aliphatic carbocycles. The van der Waals surface area contributed by atoms with Crippen molar-refractivity contribution in [1.82, 2.24) is 0 Å². The molecule has 0 saturated heterocycles. The lowest BCUT2D eigenvalue weighted by Gasteiger charge is -2.48. The van der Waals surface area contributed by atoms with Crippen molar-refractivity contribution >= 4 is 23.6 Å². The summed E-state index contributed by atoms with van der Waals surface area (Å²) < 4.78 is 0. The Labute approximate surface area is 173 Å². The summed E-state index contributed by atoms with van der Waals surface area (Å²) >= 11 is 0. The Balaban J connectivity index is 1.83. The molecule has 1 atom stereocenters. The molecule has 1 unspecified atom stereocenters. The molecule has 29 heavy (non-hydrogen) atoms. The Morgan fingerprint density at radius 2 is 2.00 bits per heavy atom. The van der Waals surface area contributed by atoms with Crippen LogP contribution >= 0.6 is 0 Å². The zero-order valence-electron chi connectivity index (χ0n) is 18.0. The zero-order valence-corrected chi connectivity index (χ0v) is 18.0. The topological polar surface area (TPSA) is 64.9 Å². The van der Waals surface area contributed by atoms with E-state index in [0.29, 0.717) is 5.92 Å². The maximum Gasteiger partial charge on any atom is 0.335 e. The molecule has 3 rings (SSSR count). The molecule has 0 bridgehead atoms. The van der Waals surface area contributed by atoms with E-state index in [1.165, 1.54) is 16.8 Å². The van der Waals surface area contributed by atoms with Gasteiger partial charge in [0.05, 0.1) is 17.5 Å². The van der Waals surface area contributed by atoms with Crippen LogP contribution in [0.1, 0.15) is 73.5 Å². The molecule has 0 spiro atoms. The maximum atomic E-state index is 10.9. The van der Waals surface area contributed by atoms with Crippen LogP contribution in [0.2, 0.25) is 0 Å². The number of carboxylic acid groups (broad SMARTS) is 1. The molecular formula is C24H31N3O2. The standard InChI is InChI=1S/C24H31N3O2/c1-6-11-27-22-12-16(2)19(13-21(22)17(3)14-24(27,4)5)15-25-26-20-9-7-18(8-10-20)23(28)29/h7-10,12-13,15,17,26H,6,11,14H2,1-5H3,(H,28,29)/b25-15+. The lowest BCUT2D eigenvalue weighted by Crippen LogP contribution is -2.48. The number of nitrogens with one attached hydrogen (secondary N) is 1. The summed E-state index contributed by atoms with van der Waals surface area (Å²) in [7, 11) is 0. The van der Waals surface area contributed by atoms with Crippen LogP contribution in [0.4, 0.5) is 11.4 Å². The third-order valence-corrected chi connectivity index (χ3v) is 5.75. The molecule has 0 fully saturated rings. The molecule has 1 aliphatic heterocycles. The van der Waals surface area contributed by atoms with Crippen molar-refractivity contribution < 1.29 is 9.90 Å². The first-order chi connectivity index (χ1) is 13.7. The van der Waals surface area contributed by atoms with Gasteiger partial charge in [0.1, 0.15) is 0 Å².